The van der Waals surface area contributed by atoms with E-state index >= 15 is 0 Å². The highest BCUT2D eigenvalue weighted by molar-refractivity contribution is 5.39. The maximum absolute atomic E-state index is 6.57. The average Bonchev–Trinajstić information content (AvgIpc) is 2.99. The summed E-state index contributed by atoms with van der Waals surface area (Å²) in [6, 6.07) is 18.2. The highest BCUT2D eigenvalue weighted by Gasteiger charge is 2.63. The molecule has 3 aliphatic carbocycles. The number of fused-ring (bicyclic) bond motifs is 6. The third-order valence-electron chi connectivity index (χ3n) is 7.52. The van der Waals surface area contributed by atoms with Gasteiger partial charge in [0.05, 0.1) is 24.3 Å². The van der Waals surface area contributed by atoms with E-state index in [4.69, 9.17) is 9.47 Å². The van der Waals surface area contributed by atoms with Gasteiger partial charge >= 0.3 is 0 Å². The van der Waals surface area contributed by atoms with Gasteiger partial charge in [-0.1, -0.05) is 48.5 Å². The largest absolute Gasteiger partial charge is 0.357 e. The van der Waals surface area contributed by atoms with Gasteiger partial charge in [0.25, 0.3) is 0 Å². The van der Waals surface area contributed by atoms with Crippen molar-refractivity contribution in [3.63, 3.8) is 0 Å². The Labute approximate surface area is 159 Å². The third kappa shape index (κ3) is 2.02. The number of hydrogen-bond acceptors (Lipinski definition) is 4. The first kappa shape index (κ1) is 15.2. The Kier molecular flexibility index (Phi) is 2.94. The normalized spacial score (nSPS) is 39.7. The Balaban J connectivity index is 1.13. The molecule has 2 aromatic rings. The van der Waals surface area contributed by atoms with Gasteiger partial charge in [-0.3, -0.25) is 10.6 Å². The second-order valence-electron chi connectivity index (χ2n) is 8.94. The topological polar surface area (TPSA) is 42.5 Å². The molecule has 138 valence electrons. The van der Waals surface area contributed by atoms with Crippen molar-refractivity contribution in [2.45, 2.75) is 62.4 Å². The molecule has 2 heterocycles. The molecule has 2 saturated heterocycles. The Morgan fingerprint density at radius 3 is 1.67 bits per heavy atom. The van der Waals surface area contributed by atoms with E-state index in [0.717, 1.165) is 12.8 Å². The van der Waals surface area contributed by atoms with E-state index in [2.05, 4.69) is 59.2 Å². The van der Waals surface area contributed by atoms with Crippen molar-refractivity contribution in [2.75, 3.05) is 0 Å². The van der Waals surface area contributed by atoms with Gasteiger partial charge in [-0.2, -0.15) is 0 Å². The fourth-order valence-electron chi connectivity index (χ4n) is 5.93. The van der Waals surface area contributed by atoms with Crippen molar-refractivity contribution >= 4 is 0 Å². The van der Waals surface area contributed by atoms with E-state index in [1.165, 1.54) is 35.1 Å². The second kappa shape index (κ2) is 5.21. The molecule has 2 unspecified atom stereocenters. The molecular formula is C23H24N2O2. The van der Waals surface area contributed by atoms with Crippen LogP contribution in [0.3, 0.4) is 0 Å². The first-order valence-electron chi connectivity index (χ1n) is 10.3. The number of rotatable bonds is 2. The molecule has 1 saturated carbocycles. The van der Waals surface area contributed by atoms with Crippen LogP contribution in [0.2, 0.25) is 0 Å². The maximum atomic E-state index is 6.57. The van der Waals surface area contributed by atoms with Gasteiger partial charge in [-0.15, -0.1) is 0 Å². The van der Waals surface area contributed by atoms with E-state index in [1.807, 2.05) is 0 Å². The highest BCUT2D eigenvalue weighted by atomic mass is 16.5. The summed E-state index contributed by atoms with van der Waals surface area (Å²) in [5.74, 6) is 0. The molecule has 3 fully saturated rings. The minimum Gasteiger partial charge on any atom is -0.357 e. The molecule has 0 aromatic heterocycles. The summed E-state index contributed by atoms with van der Waals surface area (Å²) in [7, 11) is 0. The van der Waals surface area contributed by atoms with E-state index in [9.17, 15) is 0 Å². The lowest BCUT2D eigenvalue weighted by Gasteiger charge is -2.30. The van der Waals surface area contributed by atoms with Crippen LogP contribution in [0.15, 0.2) is 48.5 Å². The zero-order valence-electron chi connectivity index (χ0n) is 15.2. The van der Waals surface area contributed by atoms with Crippen LogP contribution < -0.4 is 10.6 Å². The van der Waals surface area contributed by atoms with E-state index < -0.39 is 0 Å². The predicted molar refractivity (Wildman–Crippen MR) is 101 cm³/mol. The van der Waals surface area contributed by atoms with E-state index in [0.29, 0.717) is 12.1 Å². The van der Waals surface area contributed by atoms with E-state index in [-0.39, 0.29) is 30.1 Å². The summed E-state index contributed by atoms with van der Waals surface area (Å²) in [6.07, 6.45) is 5.11. The molecule has 0 amide bonds. The van der Waals surface area contributed by atoms with Crippen molar-refractivity contribution in [1.29, 1.82) is 0 Å². The lowest BCUT2D eigenvalue weighted by atomic mass is 10.0. The Morgan fingerprint density at radius 2 is 1.19 bits per heavy atom. The first-order valence-corrected chi connectivity index (χ1v) is 10.3. The number of benzene rings is 2. The quantitative estimate of drug-likeness (QED) is 0.864. The summed E-state index contributed by atoms with van der Waals surface area (Å²) >= 11 is 0. The number of hydrogen-bond donors (Lipinski definition) is 2. The molecule has 0 bridgehead atoms. The van der Waals surface area contributed by atoms with Crippen LogP contribution in [0, 0.1) is 5.41 Å². The van der Waals surface area contributed by atoms with Crippen molar-refractivity contribution in [3.8, 4) is 0 Å². The van der Waals surface area contributed by atoms with Crippen LogP contribution >= 0.6 is 0 Å². The van der Waals surface area contributed by atoms with Crippen molar-refractivity contribution < 1.29 is 9.47 Å². The number of nitrogens with one attached hydrogen (secondary N) is 2. The van der Waals surface area contributed by atoms with Crippen molar-refractivity contribution in [2.24, 2.45) is 5.41 Å². The molecular weight excluding hydrogens is 336 g/mol. The predicted octanol–water partition coefficient (Wildman–Crippen LogP) is 2.99. The summed E-state index contributed by atoms with van der Waals surface area (Å²) in [5, 5.41) is 7.66. The van der Waals surface area contributed by atoms with Gasteiger partial charge < -0.3 is 9.47 Å². The lowest BCUT2D eigenvalue weighted by molar-refractivity contribution is -0.0815. The minimum atomic E-state index is 0.0819. The van der Waals surface area contributed by atoms with Crippen LogP contribution in [0.4, 0.5) is 0 Å². The van der Waals surface area contributed by atoms with Crippen molar-refractivity contribution in [1.82, 2.24) is 10.6 Å². The second-order valence-corrected chi connectivity index (χ2v) is 8.94. The minimum absolute atomic E-state index is 0.0819. The van der Waals surface area contributed by atoms with Gasteiger partial charge in [0.1, 0.15) is 12.5 Å². The van der Waals surface area contributed by atoms with Gasteiger partial charge in [-0.05, 0) is 35.1 Å². The van der Waals surface area contributed by atoms with Gasteiger partial charge in [0.2, 0.25) is 0 Å². The molecule has 2 N–H and O–H groups in total. The number of ether oxygens (including phenoxy) is 2. The van der Waals surface area contributed by atoms with Gasteiger partial charge in [0, 0.05) is 18.3 Å². The molecule has 2 aromatic carbocycles. The molecule has 27 heavy (non-hydrogen) atoms. The molecule has 7 rings (SSSR count). The van der Waals surface area contributed by atoms with Gasteiger partial charge in [-0.25, -0.2) is 0 Å². The molecule has 2 aliphatic heterocycles. The summed E-state index contributed by atoms with van der Waals surface area (Å²) in [5.41, 5.74) is 5.80. The Bertz CT molecular complexity index is 853. The van der Waals surface area contributed by atoms with Crippen LogP contribution in [-0.4, -0.2) is 24.7 Å². The average molecular weight is 360 g/mol. The van der Waals surface area contributed by atoms with Crippen LogP contribution in [0.1, 0.15) is 47.2 Å². The summed E-state index contributed by atoms with van der Waals surface area (Å²) < 4.78 is 13.1. The molecule has 0 spiro atoms. The molecule has 5 aliphatic rings. The van der Waals surface area contributed by atoms with E-state index in [1.54, 1.807) is 0 Å². The zero-order valence-corrected chi connectivity index (χ0v) is 15.2. The fourth-order valence-corrected chi connectivity index (χ4v) is 5.93. The fraction of sp³-hybridized carbons (Fsp3) is 0.478. The molecule has 4 heteroatoms. The van der Waals surface area contributed by atoms with Crippen molar-refractivity contribution in [3.05, 3.63) is 70.8 Å². The van der Waals surface area contributed by atoms with Crippen LogP contribution in [0.5, 0.6) is 0 Å². The smallest absolute Gasteiger partial charge is 0.118 e. The SMILES string of the molecule is c1ccc2c(c1)C[C@@H]1OC(C3(C4N[C@@H]5c6ccccc6C[C@@H]5O4)CC3)N[C@H]21. The van der Waals surface area contributed by atoms with Crippen LogP contribution in [-0.2, 0) is 22.3 Å². The lowest BCUT2D eigenvalue weighted by Crippen LogP contribution is -2.46. The van der Waals surface area contributed by atoms with Gasteiger partial charge in [0.15, 0.2) is 0 Å². The summed E-state index contributed by atoms with van der Waals surface area (Å²) in [4.78, 5) is 0. The third-order valence-corrected chi connectivity index (χ3v) is 7.52. The molecule has 4 nitrogen and oxygen atoms in total. The zero-order chi connectivity index (χ0) is 17.6. The highest BCUT2D eigenvalue weighted by Crippen LogP contribution is 2.58. The summed E-state index contributed by atoms with van der Waals surface area (Å²) in [6.45, 7) is 0. The maximum Gasteiger partial charge on any atom is 0.118 e. The standard InChI is InChI=1S/C23H24N2O2/c1-3-7-15-13(5-1)11-17-19(15)24-21(26-17)23(9-10-23)22-25-20-16-8-4-2-6-14(16)12-18(20)27-22/h1-8,17-22,24-25H,9-12H2/t17-,18-,19+,20+,21?,22?/m0/s1. The monoisotopic (exact) mass is 360 g/mol. The van der Waals surface area contributed by atoms with Crippen LogP contribution in [0.25, 0.3) is 0 Å². The molecule has 6 atom stereocenters. The molecule has 0 radical (unpaired) electrons. The first-order chi connectivity index (χ1) is 13.3. The Hall–Kier alpha value is -1.72. The Morgan fingerprint density at radius 1 is 0.704 bits per heavy atom.